The van der Waals surface area contributed by atoms with Crippen LogP contribution in [0, 0.1) is 17.7 Å². The van der Waals surface area contributed by atoms with Gasteiger partial charge in [0.15, 0.2) is 0 Å². The van der Waals surface area contributed by atoms with Crippen LogP contribution in [0.3, 0.4) is 0 Å². The predicted molar refractivity (Wildman–Crippen MR) is 69.3 cm³/mol. The molecule has 5 atom stereocenters. The van der Waals surface area contributed by atoms with E-state index < -0.39 is 11.8 Å². The standard InChI is InChI=1S/C15H14FNO3/c1-15-7-6-10(20-15)11-12(15)14(19)17(13(11)18)9-4-2-8(16)3-5-9/h2-7,10-13,18H,1H3. The summed E-state index contributed by atoms with van der Waals surface area (Å²) < 4.78 is 18.8. The summed E-state index contributed by atoms with van der Waals surface area (Å²) >= 11 is 0. The number of anilines is 1. The third-order valence-electron chi connectivity index (χ3n) is 4.61. The van der Waals surface area contributed by atoms with Gasteiger partial charge >= 0.3 is 0 Å². The third-order valence-corrected chi connectivity index (χ3v) is 4.61. The maximum absolute atomic E-state index is 13.0. The zero-order chi connectivity index (χ0) is 14.1. The smallest absolute Gasteiger partial charge is 0.236 e. The van der Waals surface area contributed by atoms with E-state index in [2.05, 4.69) is 0 Å². The Morgan fingerprint density at radius 2 is 2.05 bits per heavy atom. The molecule has 0 aromatic heterocycles. The molecule has 5 heteroatoms. The zero-order valence-corrected chi connectivity index (χ0v) is 10.9. The highest BCUT2D eigenvalue weighted by Crippen LogP contribution is 2.53. The molecule has 2 bridgehead atoms. The van der Waals surface area contributed by atoms with E-state index in [-0.39, 0.29) is 29.7 Å². The second kappa shape index (κ2) is 3.68. The highest BCUT2D eigenvalue weighted by molar-refractivity contribution is 5.99. The molecule has 104 valence electrons. The Kier molecular flexibility index (Phi) is 2.22. The Morgan fingerprint density at radius 3 is 2.70 bits per heavy atom. The van der Waals surface area contributed by atoms with Gasteiger partial charge in [0.2, 0.25) is 5.91 Å². The summed E-state index contributed by atoms with van der Waals surface area (Å²) in [5, 5.41) is 10.5. The molecule has 0 saturated carbocycles. The van der Waals surface area contributed by atoms with Gasteiger partial charge in [0.1, 0.15) is 12.0 Å². The molecule has 0 aliphatic carbocycles. The first kappa shape index (κ1) is 12.1. The lowest BCUT2D eigenvalue weighted by atomic mass is 9.78. The van der Waals surface area contributed by atoms with E-state index >= 15 is 0 Å². The van der Waals surface area contributed by atoms with E-state index in [0.29, 0.717) is 5.69 Å². The predicted octanol–water partition coefficient (Wildman–Crippen LogP) is 1.45. The summed E-state index contributed by atoms with van der Waals surface area (Å²) in [5.74, 6) is -1.17. The van der Waals surface area contributed by atoms with Gasteiger partial charge < -0.3 is 9.84 Å². The second-order valence-electron chi connectivity index (χ2n) is 5.78. The van der Waals surface area contributed by atoms with Crippen LogP contribution in [0.1, 0.15) is 6.92 Å². The lowest BCUT2D eigenvalue weighted by Gasteiger charge is -2.26. The summed E-state index contributed by atoms with van der Waals surface area (Å²) in [6.07, 6.45) is 2.65. The summed E-state index contributed by atoms with van der Waals surface area (Å²) in [5.41, 5.74) is -0.122. The van der Waals surface area contributed by atoms with Gasteiger partial charge in [-0.2, -0.15) is 0 Å². The van der Waals surface area contributed by atoms with Crippen molar-refractivity contribution in [3.63, 3.8) is 0 Å². The Labute approximate surface area is 115 Å². The Hall–Kier alpha value is -1.72. The van der Waals surface area contributed by atoms with Crippen LogP contribution in [0.2, 0.25) is 0 Å². The molecule has 4 nitrogen and oxygen atoms in total. The van der Waals surface area contributed by atoms with Gasteiger partial charge in [0.05, 0.1) is 17.6 Å². The molecule has 4 rings (SSSR count). The molecular weight excluding hydrogens is 261 g/mol. The van der Waals surface area contributed by atoms with Crippen molar-refractivity contribution in [1.82, 2.24) is 0 Å². The van der Waals surface area contributed by atoms with Crippen LogP contribution in [-0.4, -0.2) is 28.9 Å². The molecule has 3 aliphatic rings. The molecule has 0 radical (unpaired) electrons. The summed E-state index contributed by atoms with van der Waals surface area (Å²) in [7, 11) is 0. The van der Waals surface area contributed by atoms with E-state index in [1.54, 1.807) is 0 Å². The molecule has 2 fully saturated rings. The van der Waals surface area contributed by atoms with Crippen LogP contribution in [0.25, 0.3) is 0 Å². The van der Waals surface area contributed by atoms with Crippen molar-refractivity contribution >= 4 is 11.6 Å². The number of halogens is 1. The van der Waals surface area contributed by atoms with Crippen molar-refractivity contribution in [2.45, 2.75) is 24.9 Å². The number of benzene rings is 1. The largest absolute Gasteiger partial charge is 0.373 e. The van der Waals surface area contributed by atoms with Crippen LogP contribution in [0.4, 0.5) is 10.1 Å². The van der Waals surface area contributed by atoms with Crippen LogP contribution in [0.5, 0.6) is 0 Å². The van der Waals surface area contributed by atoms with Gasteiger partial charge in [-0.15, -0.1) is 0 Å². The normalized spacial score (nSPS) is 41.5. The van der Waals surface area contributed by atoms with Crippen molar-refractivity contribution in [3.05, 3.63) is 42.2 Å². The lowest BCUT2D eigenvalue weighted by Crippen LogP contribution is -2.39. The van der Waals surface area contributed by atoms with Crippen molar-refractivity contribution in [1.29, 1.82) is 0 Å². The Morgan fingerprint density at radius 1 is 1.35 bits per heavy atom. The number of ether oxygens (including phenoxy) is 1. The van der Waals surface area contributed by atoms with E-state index in [9.17, 15) is 14.3 Å². The SMILES string of the molecule is CC12C=CC(O1)C1C(O)N(c3ccc(F)cc3)C(=O)C12. The average Bonchev–Trinajstić information content (AvgIpc) is 3.01. The topological polar surface area (TPSA) is 49.8 Å². The highest BCUT2D eigenvalue weighted by atomic mass is 19.1. The van der Waals surface area contributed by atoms with Crippen LogP contribution >= 0.6 is 0 Å². The summed E-state index contributed by atoms with van der Waals surface area (Å²) in [6, 6.07) is 5.59. The molecule has 1 aromatic carbocycles. The lowest BCUT2D eigenvalue weighted by molar-refractivity contribution is -0.124. The van der Waals surface area contributed by atoms with Gasteiger partial charge in [-0.3, -0.25) is 9.69 Å². The molecule has 1 amide bonds. The summed E-state index contributed by atoms with van der Waals surface area (Å²) in [6.45, 7) is 1.87. The summed E-state index contributed by atoms with van der Waals surface area (Å²) in [4.78, 5) is 14.0. The average molecular weight is 275 g/mol. The minimum atomic E-state index is -0.935. The minimum absolute atomic E-state index is 0.163. The monoisotopic (exact) mass is 275 g/mol. The maximum Gasteiger partial charge on any atom is 0.236 e. The number of rotatable bonds is 1. The van der Waals surface area contributed by atoms with Crippen LogP contribution in [0.15, 0.2) is 36.4 Å². The van der Waals surface area contributed by atoms with Gasteiger partial charge in [0, 0.05) is 11.6 Å². The number of carbonyl (C=O) groups is 1. The molecule has 2 saturated heterocycles. The van der Waals surface area contributed by atoms with Crippen LogP contribution < -0.4 is 4.90 Å². The number of hydrogen-bond acceptors (Lipinski definition) is 3. The van der Waals surface area contributed by atoms with E-state index in [1.807, 2.05) is 19.1 Å². The molecule has 0 spiro atoms. The molecule has 5 unspecified atom stereocenters. The Balaban J connectivity index is 1.75. The first-order chi connectivity index (χ1) is 9.51. The highest BCUT2D eigenvalue weighted by Gasteiger charge is 2.65. The van der Waals surface area contributed by atoms with E-state index in [4.69, 9.17) is 4.74 Å². The van der Waals surface area contributed by atoms with Gasteiger partial charge in [0.25, 0.3) is 0 Å². The number of amides is 1. The Bertz CT molecular complexity index is 614. The van der Waals surface area contributed by atoms with Gasteiger partial charge in [-0.25, -0.2) is 4.39 Å². The third kappa shape index (κ3) is 1.34. The number of nitrogens with zero attached hydrogens (tertiary/aromatic N) is 1. The van der Waals surface area contributed by atoms with Gasteiger partial charge in [-0.1, -0.05) is 12.2 Å². The first-order valence-corrected chi connectivity index (χ1v) is 6.65. The fourth-order valence-electron chi connectivity index (χ4n) is 3.70. The zero-order valence-electron chi connectivity index (χ0n) is 10.9. The fourth-order valence-corrected chi connectivity index (χ4v) is 3.70. The second-order valence-corrected chi connectivity index (χ2v) is 5.78. The van der Waals surface area contributed by atoms with Crippen molar-refractivity contribution in [2.24, 2.45) is 11.8 Å². The maximum atomic E-state index is 13.0. The van der Waals surface area contributed by atoms with E-state index in [0.717, 1.165) is 0 Å². The van der Waals surface area contributed by atoms with Gasteiger partial charge in [-0.05, 0) is 31.2 Å². The van der Waals surface area contributed by atoms with E-state index in [1.165, 1.54) is 29.2 Å². The molecule has 3 heterocycles. The van der Waals surface area contributed by atoms with Crippen molar-refractivity contribution in [3.8, 4) is 0 Å². The van der Waals surface area contributed by atoms with Crippen LogP contribution in [-0.2, 0) is 9.53 Å². The number of fused-ring (bicyclic) bond motifs is 5. The van der Waals surface area contributed by atoms with Crippen molar-refractivity contribution in [2.75, 3.05) is 4.90 Å². The number of carbonyl (C=O) groups excluding carboxylic acids is 1. The quantitative estimate of drug-likeness (QED) is 0.789. The molecular formula is C15H14FNO3. The molecule has 1 aromatic rings. The number of hydrogen-bond donors (Lipinski definition) is 1. The number of aliphatic hydroxyl groups excluding tert-OH is 1. The number of aliphatic hydroxyl groups is 1. The minimum Gasteiger partial charge on any atom is -0.373 e. The molecule has 3 aliphatic heterocycles. The molecule has 20 heavy (non-hydrogen) atoms. The van der Waals surface area contributed by atoms with Crippen molar-refractivity contribution < 1.29 is 19.0 Å². The first-order valence-electron chi connectivity index (χ1n) is 6.65. The molecule has 1 N–H and O–H groups in total. The fraction of sp³-hybridized carbons (Fsp3) is 0.400.